The van der Waals surface area contributed by atoms with Crippen molar-refractivity contribution in [2.24, 2.45) is 0 Å². The second kappa shape index (κ2) is 11.5. The highest BCUT2D eigenvalue weighted by atomic mass is 79.9. The van der Waals surface area contributed by atoms with E-state index in [4.69, 9.17) is 14.2 Å². The van der Waals surface area contributed by atoms with E-state index >= 15 is 0 Å². The van der Waals surface area contributed by atoms with Crippen molar-refractivity contribution in [1.29, 1.82) is 0 Å². The lowest BCUT2D eigenvalue weighted by atomic mass is 10.1. The molecule has 1 aliphatic rings. The van der Waals surface area contributed by atoms with Crippen molar-refractivity contribution in [3.63, 3.8) is 0 Å². The summed E-state index contributed by atoms with van der Waals surface area (Å²) in [7, 11) is 0. The minimum Gasteiger partial charge on any atom is -0.490 e. The molecule has 1 heterocycles. The molecular weight excluding hydrogens is 528 g/mol. The Morgan fingerprint density at radius 2 is 1.58 bits per heavy atom. The molecule has 4 amide bonds. The number of carbonyl (C=O) groups is 3. The first-order valence-corrected chi connectivity index (χ1v) is 12.0. The molecule has 0 spiro atoms. The molecule has 0 aromatic heterocycles. The Kier molecular flexibility index (Phi) is 8.02. The Morgan fingerprint density at radius 3 is 2.31 bits per heavy atom. The van der Waals surface area contributed by atoms with Crippen LogP contribution >= 0.6 is 15.9 Å². The Morgan fingerprint density at radius 1 is 0.861 bits per heavy atom. The molecule has 36 heavy (non-hydrogen) atoms. The monoisotopic (exact) mass is 550 g/mol. The first kappa shape index (κ1) is 25.0. The number of barbiturate groups is 1. The van der Waals surface area contributed by atoms with Gasteiger partial charge in [-0.3, -0.25) is 14.9 Å². The van der Waals surface area contributed by atoms with Gasteiger partial charge in [0.15, 0.2) is 11.5 Å². The molecule has 0 saturated carbocycles. The summed E-state index contributed by atoms with van der Waals surface area (Å²) < 4.78 is 18.0. The van der Waals surface area contributed by atoms with E-state index in [2.05, 4.69) is 21.2 Å². The summed E-state index contributed by atoms with van der Waals surface area (Å²) in [5, 5.41) is 2.22. The summed E-state index contributed by atoms with van der Waals surface area (Å²) >= 11 is 3.32. The van der Waals surface area contributed by atoms with Crippen molar-refractivity contribution in [2.75, 3.05) is 24.7 Å². The number of anilines is 1. The summed E-state index contributed by atoms with van der Waals surface area (Å²) in [4.78, 5) is 38.9. The Balaban J connectivity index is 1.51. The molecule has 0 aliphatic carbocycles. The van der Waals surface area contributed by atoms with Gasteiger partial charge in [-0.15, -0.1) is 0 Å². The second-order valence-electron chi connectivity index (χ2n) is 7.58. The number of urea groups is 1. The molecule has 0 bridgehead atoms. The molecule has 8 nitrogen and oxygen atoms in total. The summed E-state index contributed by atoms with van der Waals surface area (Å²) in [5.74, 6) is 0.217. The highest BCUT2D eigenvalue weighted by Gasteiger charge is 2.36. The fourth-order valence-electron chi connectivity index (χ4n) is 3.48. The van der Waals surface area contributed by atoms with Gasteiger partial charge in [0.1, 0.15) is 24.5 Å². The van der Waals surface area contributed by atoms with Gasteiger partial charge in [0, 0.05) is 4.47 Å². The number of nitrogens with one attached hydrogen (secondary N) is 1. The number of rotatable bonds is 9. The van der Waals surface area contributed by atoms with Gasteiger partial charge in [-0.1, -0.05) is 40.2 Å². The van der Waals surface area contributed by atoms with Crippen LogP contribution in [0.25, 0.3) is 6.08 Å². The van der Waals surface area contributed by atoms with Crippen molar-refractivity contribution in [3.8, 4) is 17.2 Å². The van der Waals surface area contributed by atoms with E-state index in [1.807, 2.05) is 37.3 Å². The number of hydrogen-bond donors (Lipinski definition) is 1. The van der Waals surface area contributed by atoms with Gasteiger partial charge in [-0.05, 0) is 67.1 Å². The zero-order valence-electron chi connectivity index (χ0n) is 19.4. The quantitative estimate of drug-likeness (QED) is 0.229. The van der Waals surface area contributed by atoms with Crippen LogP contribution in [0.3, 0.4) is 0 Å². The Labute approximate surface area is 216 Å². The molecule has 1 N–H and O–H groups in total. The number of para-hydroxylation sites is 1. The maximum Gasteiger partial charge on any atom is 0.335 e. The smallest absolute Gasteiger partial charge is 0.335 e. The summed E-state index contributed by atoms with van der Waals surface area (Å²) in [5.41, 5.74) is 0.704. The van der Waals surface area contributed by atoms with Gasteiger partial charge in [-0.2, -0.15) is 0 Å². The summed E-state index contributed by atoms with van der Waals surface area (Å²) in [6.07, 6.45) is 1.42. The van der Waals surface area contributed by atoms with Crippen LogP contribution in [0.4, 0.5) is 10.5 Å². The fourth-order valence-corrected chi connectivity index (χ4v) is 3.74. The Bertz CT molecular complexity index is 1290. The van der Waals surface area contributed by atoms with E-state index in [1.165, 1.54) is 6.08 Å². The van der Waals surface area contributed by atoms with Gasteiger partial charge < -0.3 is 14.2 Å². The van der Waals surface area contributed by atoms with Crippen molar-refractivity contribution >= 4 is 45.5 Å². The highest BCUT2D eigenvalue weighted by Crippen LogP contribution is 2.30. The number of amides is 4. The van der Waals surface area contributed by atoms with E-state index in [9.17, 15) is 14.4 Å². The second-order valence-corrected chi connectivity index (χ2v) is 8.50. The van der Waals surface area contributed by atoms with Crippen LogP contribution in [0.5, 0.6) is 17.2 Å². The molecular formula is C27H23BrN2O6. The number of benzene rings is 3. The molecule has 0 atom stereocenters. The molecule has 3 aromatic rings. The molecule has 1 fully saturated rings. The standard InChI is InChI=1S/C27H23BrN2O6/c1-2-34-24-17-18(8-13-23(24)36-15-14-35-21-6-4-3-5-7-21)16-22-25(31)29-27(33)30(26(22)32)20-11-9-19(28)10-12-20/h3-13,16-17H,2,14-15H2,1H3,(H,29,31,33)/b22-16-. The highest BCUT2D eigenvalue weighted by molar-refractivity contribution is 9.10. The number of nitrogens with zero attached hydrogens (tertiary/aromatic N) is 1. The molecule has 1 aliphatic heterocycles. The van der Waals surface area contributed by atoms with Crippen LogP contribution in [-0.4, -0.2) is 37.7 Å². The lowest BCUT2D eigenvalue weighted by molar-refractivity contribution is -0.122. The van der Waals surface area contributed by atoms with Crippen molar-refractivity contribution < 1.29 is 28.6 Å². The number of ether oxygens (including phenoxy) is 3. The third-order valence-electron chi connectivity index (χ3n) is 5.12. The van der Waals surface area contributed by atoms with Crippen molar-refractivity contribution in [2.45, 2.75) is 6.92 Å². The number of halogens is 1. The molecule has 4 rings (SSSR count). The third kappa shape index (κ3) is 5.92. The number of hydrogen-bond acceptors (Lipinski definition) is 6. The van der Waals surface area contributed by atoms with E-state index in [1.54, 1.807) is 42.5 Å². The van der Waals surface area contributed by atoms with Crippen LogP contribution in [-0.2, 0) is 9.59 Å². The maximum atomic E-state index is 13.1. The normalized spacial score (nSPS) is 14.6. The van der Waals surface area contributed by atoms with Crippen LogP contribution < -0.4 is 24.4 Å². The molecule has 1 saturated heterocycles. The SMILES string of the molecule is CCOc1cc(/C=C2/C(=O)NC(=O)N(c3ccc(Br)cc3)C2=O)ccc1OCCOc1ccccc1. The number of carbonyl (C=O) groups excluding carboxylic acids is 3. The van der Waals surface area contributed by atoms with Gasteiger partial charge in [0.25, 0.3) is 11.8 Å². The number of imide groups is 2. The lowest BCUT2D eigenvalue weighted by Gasteiger charge is -2.26. The lowest BCUT2D eigenvalue weighted by Crippen LogP contribution is -2.54. The zero-order chi connectivity index (χ0) is 25.5. The molecule has 184 valence electrons. The maximum absolute atomic E-state index is 13.1. The predicted molar refractivity (Wildman–Crippen MR) is 138 cm³/mol. The summed E-state index contributed by atoms with van der Waals surface area (Å²) in [6, 6.07) is 20.3. The summed E-state index contributed by atoms with van der Waals surface area (Å²) in [6.45, 7) is 2.87. The topological polar surface area (TPSA) is 94.2 Å². The van der Waals surface area contributed by atoms with E-state index < -0.39 is 17.8 Å². The van der Waals surface area contributed by atoms with E-state index in [0.29, 0.717) is 42.6 Å². The Hall–Kier alpha value is -4.11. The van der Waals surface area contributed by atoms with Gasteiger partial charge >= 0.3 is 6.03 Å². The van der Waals surface area contributed by atoms with Crippen molar-refractivity contribution in [1.82, 2.24) is 5.32 Å². The fraction of sp³-hybridized carbons (Fsp3) is 0.148. The predicted octanol–water partition coefficient (Wildman–Crippen LogP) is 4.97. The minimum atomic E-state index is -0.805. The zero-order valence-corrected chi connectivity index (χ0v) is 21.0. The van der Waals surface area contributed by atoms with Gasteiger partial charge in [-0.25, -0.2) is 9.69 Å². The molecule has 3 aromatic carbocycles. The van der Waals surface area contributed by atoms with E-state index in [-0.39, 0.29) is 5.57 Å². The van der Waals surface area contributed by atoms with Gasteiger partial charge in [0.2, 0.25) is 0 Å². The molecule has 0 unspecified atom stereocenters. The van der Waals surface area contributed by atoms with Crippen LogP contribution in [0.15, 0.2) is 82.8 Å². The van der Waals surface area contributed by atoms with Gasteiger partial charge in [0.05, 0.1) is 12.3 Å². The first-order chi connectivity index (χ1) is 17.5. The van der Waals surface area contributed by atoms with E-state index in [0.717, 1.165) is 15.1 Å². The molecule has 0 radical (unpaired) electrons. The minimum absolute atomic E-state index is 0.176. The molecule has 9 heteroatoms. The average Bonchev–Trinajstić information content (AvgIpc) is 2.87. The van der Waals surface area contributed by atoms with Crippen LogP contribution in [0.1, 0.15) is 12.5 Å². The largest absolute Gasteiger partial charge is 0.490 e. The first-order valence-electron chi connectivity index (χ1n) is 11.2. The van der Waals surface area contributed by atoms with Crippen molar-refractivity contribution in [3.05, 3.63) is 88.4 Å². The third-order valence-corrected chi connectivity index (χ3v) is 5.65. The van der Waals surface area contributed by atoms with Crippen LogP contribution in [0, 0.1) is 0 Å². The average molecular weight is 551 g/mol. The van der Waals surface area contributed by atoms with Crippen LogP contribution in [0.2, 0.25) is 0 Å².